The molecule has 27 heavy (non-hydrogen) atoms. The van der Waals surface area contributed by atoms with E-state index in [2.05, 4.69) is 15.6 Å². The first-order chi connectivity index (χ1) is 12.8. The van der Waals surface area contributed by atoms with Gasteiger partial charge in [-0.15, -0.1) is 0 Å². The molecule has 2 N–H and O–H groups in total. The summed E-state index contributed by atoms with van der Waals surface area (Å²) in [6.07, 6.45) is 0. The number of rotatable bonds is 8. The molecule has 0 aliphatic rings. The van der Waals surface area contributed by atoms with Crippen LogP contribution in [0.3, 0.4) is 0 Å². The molecule has 1 amide bonds. The van der Waals surface area contributed by atoms with Gasteiger partial charge in [0.1, 0.15) is 5.69 Å². The minimum absolute atomic E-state index is 0.139. The number of sulfonamides is 1. The summed E-state index contributed by atoms with van der Waals surface area (Å²) in [5, 5.41) is 5.92. The van der Waals surface area contributed by atoms with Gasteiger partial charge in [-0.2, -0.15) is 4.31 Å². The van der Waals surface area contributed by atoms with Crippen LogP contribution < -0.4 is 10.6 Å². The highest BCUT2D eigenvalue weighted by Crippen LogP contribution is 2.27. The van der Waals surface area contributed by atoms with E-state index in [1.165, 1.54) is 10.4 Å². The largest absolute Gasteiger partial charge is 0.384 e. The van der Waals surface area contributed by atoms with Crippen LogP contribution in [0.1, 0.15) is 37.0 Å². The summed E-state index contributed by atoms with van der Waals surface area (Å²) in [5.74, 6) is -0.393. The van der Waals surface area contributed by atoms with Gasteiger partial charge in [0.2, 0.25) is 10.0 Å². The number of benzene rings is 1. The number of aromatic nitrogens is 1. The van der Waals surface area contributed by atoms with Gasteiger partial charge in [0.25, 0.3) is 5.91 Å². The second kappa shape index (κ2) is 8.96. The fraction of sp³-hybridized carbons (Fsp3) is 0.368. The number of nitrogens with one attached hydrogen (secondary N) is 2. The molecule has 2 rings (SSSR count). The Morgan fingerprint density at radius 1 is 1.07 bits per heavy atom. The summed E-state index contributed by atoms with van der Waals surface area (Å²) in [5.41, 5.74) is 2.05. The van der Waals surface area contributed by atoms with Crippen molar-refractivity contribution in [3.63, 3.8) is 0 Å². The maximum atomic E-state index is 12.8. The SMILES string of the molecule is CCNc1ccc(S(=O)(=O)N(CC)CC)cc1NC(=O)c1cccc(C)n1. The lowest BCUT2D eigenvalue weighted by Gasteiger charge is -2.20. The van der Waals surface area contributed by atoms with E-state index in [4.69, 9.17) is 0 Å². The second-order valence-electron chi connectivity index (χ2n) is 5.95. The number of aryl methyl sites for hydroxylation is 1. The van der Waals surface area contributed by atoms with Crippen LogP contribution in [-0.4, -0.2) is 43.2 Å². The van der Waals surface area contributed by atoms with Gasteiger partial charge in [0, 0.05) is 25.3 Å². The van der Waals surface area contributed by atoms with E-state index in [1.807, 2.05) is 6.92 Å². The molecule has 146 valence electrons. The summed E-state index contributed by atoms with van der Waals surface area (Å²) in [6, 6.07) is 9.87. The average Bonchev–Trinajstić information content (AvgIpc) is 2.64. The van der Waals surface area contributed by atoms with Gasteiger partial charge in [-0.05, 0) is 44.2 Å². The molecule has 0 atom stereocenters. The van der Waals surface area contributed by atoms with Crippen molar-refractivity contribution >= 4 is 27.3 Å². The first kappa shape index (κ1) is 20.9. The number of amides is 1. The Hall–Kier alpha value is -2.45. The van der Waals surface area contributed by atoms with Gasteiger partial charge in [-0.3, -0.25) is 4.79 Å². The molecule has 0 spiro atoms. The van der Waals surface area contributed by atoms with Crippen molar-refractivity contribution in [2.75, 3.05) is 30.3 Å². The lowest BCUT2D eigenvalue weighted by Crippen LogP contribution is -2.30. The van der Waals surface area contributed by atoms with Crippen LogP contribution in [0.5, 0.6) is 0 Å². The maximum Gasteiger partial charge on any atom is 0.274 e. The third-order valence-electron chi connectivity index (χ3n) is 4.07. The number of carbonyl (C=O) groups excluding carboxylic acids is 1. The van der Waals surface area contributed by atoms with E-state index in [1.54, 1.807) is 51.1 Å². The molecule has 0 radical (unpaired) electrons. The number of pyridine rings is 1. The number of hydrogen-bond acceptors (Lipinski definition) is 5. The van der Waals surface area contributed by atoms with E-state index >= 15 is 0 Å². The van der Waals surface area contributed by atoms with Crippen molar-refractivity contribution in [2.45, 2.75) is 32.6 Å². The quantitative estimate of drug-likeness (QED) is 0.723. The van der Waals surface area contributed by atoms with E-state index in [9.17, 15) is 13.2 Å². The normalized spacial score (nSPS) is 11.4. The van der Waals surface area contributed by atoms with Crippen LogP contribution in [-0.2, 0) is 10.0 Å². The highest BCUT2D eigenvalue weighted by molar-refractivity contribution is 7.89. The Morgan fingerprint density at radius 2 is 1.78 bits per heavy atom. The van der Waals surface area contributed by atoms with Crippen molar-refractivity contribution in [2.24, 2.45) is 0 Å². The Balaban J connectivity index is 2.42. The van der Waals surface area contributed by atoms with Crippen molar-refractivity contribution in [3.8, 4) is 0 Å². The van der Waals surface area contributed by atoms with Crippen LogP contribution in [0.25, 0.3) is 0 Å². The van der Waals surface area contributed by atoms with Crippen LogP contribution in [0, 0.1) is 6.92 Å². The molecule has 1 heterocycles. The van der Waals surface area contributed by atoms with Crippen molar-refractivity contribution < 1.29 is 13.2 Å². The predicted octanol–water partition coefficient (Wildman–Crippen LogP) is 3.10. The van der Waals surface area contributed by atoms with E-state index in [-0.39, 0.29) is 10.6 Å². The third-order valence-corrected chi connectivity index (χ3v) is 6.12. The lowest BCUT2D eigenvalue weighted by atomic mass is 10.2. The second-order valence-corrected chi connectivity index (χ2v) is 7.88. The Bertz CT molecular complexity index is 909. The van der Waals surface area contributed by atoms with Crippen LogP contribution >= 0.6 is 0 Å². The zero-order chi connectivity index (χ0) is 20.0. The summed E-state index contributed by atoms with van der Waals surface area (Å²) in [7, 11) is -3.62. The molecule has 1 aromatic heterocycles. The van der Waals surface area contributed by atoms with Crippen LogP contribution in [0.2, 0.25) is 0 Å². The number of hydrogen-bond donors (Lipinski definition) is 2. The average molecular weight is 391 g/mol. The Labute approximate surface area is 160 Å². The fourth-order valence-electron chi connectivity index (χ4n) is 2.70. The van der Waals surface area contributed by atoms with Crippen molar-refractivity contribution in [1.82, 2.24) is 9.29 Å². The molecule has 0 aliphatic heterocycles. The lowest BCUT2D eigenvalue weighted by molar-refractivity contribution is 0.102. The minimum Gasteiger partial charge on any atom is -0.384 e. The minimum atomic E-state index is -3.62. The third kappa shape index (κ3) is 4.84. The Morgan fingerprint density at radius 3 is 2.37 bits per heavy atom. The molecule has 0 saturated carbocycles. The number of nitrogens with zero attached hydrogens (tertiary/aromatic N) is 2. The molecule has 0 aliphatic carbocycles. The fourth-order valence-corrected chi connectivity index (χ4v) is 4.19. The van der Waals surface area contributed by atoms with Crippen molar-refractivity contribution in [3.05, 3.63) is 47.8 Å². The first-order valence-corrected chi connectivity index (χ1v) is 10.4. The summed E-state index contributed by atoms with van der Waals surface area (Å²) >= 11 is 0. The van der Waals surface area contributed by atoms with Crippen LogP contribution in [0.15, 0.2) is 41.3 Å². The molecule has 0 saturated heterocycles. The number of anilines is 2. The highest BCUT2D eigenvalue weighted by Gasteiger charge is 2.23. The summed E-state index contributed by atoms with van der Waals surface area (Å²) < 4.78 is 27.0. The number of carbonyl (C=O) groups is 1. The van der Waals surface area contributed by atoms with Crippen molar-refractivity contribution in [1.29, 1.82) is 0 Å². The standard InChI is InChI=1S/C19H26N4O3S/c1-5-20-16-12-11-15(27(25,26)23(6-2)7-3)13-18(16)22-19(24)17-10-8-9-14(4)21-17/h8-13,20H,5-7H2,1-4H3,(H,22,24). The smallest absolute Gasteiger partial charge is 0.274 e. The van der Waals surface area contributed by atoms with Gasteiger partial charge in [-0.25, -0.2) is 13.4 Å². The molecular formula is C19H26N4O3S. The topological polar surface area (TPSA) is 91.4 Å². The van der Waals surface area contributed by atoms with Crippen LogP contribution in [0.4, 0.5) is 11.4 Å². The molecule has 0 unspecified atom stereocenters. The molecule has 7 nitrogen and oxygen atoms in total. The zero-order valence-electron chi connectivity index (χ0n) is 16.1. The predicted molar refractivity (Wildman–Crippen MR) is 108 cm³/mol. The monoisotopic (exact) mass is 390 g/mol. The molecule has 0 fully saturated rings. The molecular weight excluding hydrogens is 364 g/mol. The first-order valence-electron chi connectivity index (χ1n) is 8.96. The summed E-state index contributed by atoms with van der Waals surface area (Å²) in [6.45, 7) is 8.70. The molecule has 1 aromatic carbocycles. The molecule has 2 aromatic rings. The molecule has 8 heteroatoms. The van der Waals surface area contributed by atoms with E-state index in [0.29, 0.717) is 31.0 Å². The van der Waals surface area contributed by atoms with Gasteiger partial charge >= 0.3 is 0 Å². The Kier molecular flexibility index (Phi) is 6.92. The van der Waals surface area contributed by atoms with Gasteiger partial charge in [-0.1, -0.05) is 19.9 Å². The highest BCUT2D eigenvalue weighted by atomic mass is 32.2. The van der Waals surface area contributed by atoms with Gasteiger partial charge < -0.3 is 10.6 Å². The maximum absolute atomic E-state index is 12.8. The summed E-state index contributed by atoms with van der Waals surface area (Å²) in [4.78, 5) is 16.9. The molecule has 0 bridgehead atoms. The zero-order valence-corrected chi connectivity index (χ0v) is 16.9. The van der Waals surface area contributed by atoms with E-state index in [0.717, 1.165) is 5.69 Å². The van der Waals surface area contributed by atoms with E-state index < -0.39 is 15.9 Å². The van der Waals surface area contributed by atoms with Gasteiger partial charge in [0.15, 0.2) is 0 Å². The van der Waals surface area contributed by atoms with Gasteiger partial charge in [0.05, 0.1) is 16.3 Å².